The fourth-order valence-electron chi connectivity index (χ4n) is 0.569. The summed E-state index contributed by atoms with van der Waals surface area (Å²) in [6.45, 7) is 3.28. The molecule has 1 atom stereocenters. The molecule has 1 N–H and O–H groups in total. The number of carbonyl (C=O) groups excluding carboxylic acids is 1. The van der Waals surface area contributed by atoms with Crippen LogP contribution in [0.15, 0.2) is 0 Å². The molecule has 0 fully saturated rings. The number of carbonyl (C=O) groups is 1. The van der Waals surface area contributed by atoms with E-state index in [0.29, 0.717) is 13.2 Å². The Hall–Kier alpha value is 0.160. The minimum atomic E-state index is 0.0511. The Kier molecular flexibility index (Phi) is 6.94. The second-order valence-electron chi connectivity index (χ2n) is 2.25. The highest BCUT2D eigenvalue weighted by molar-refractivity contribution is 14.1. The summed E-state index contributed by atoms with van der Waals surface area (Å²) in [6.07, 6.45) is 0.881. The molecule has 0 aromatic heterocycles. The summed E-state index contributed by atoms with van der Waals surface area (Å²) in [6, 6.07) is 0. The van der Waals surface area contributed by atoms with Crippen LogP contribution in [0.4, 0.5) is 0 Å². The van der Waals surface area contributed by atoms with Gasteiger partial charge in [-0.1, -0.05) is 22.6 Å². The van der Waals surface area contributed by atoms with E-state index in [1.165, 1.54) is 0 Å². The number of halogens is 1. The van der Waals surface area contributed by atoms with E-state index < -0.39 is 0 Å². The molecule has 0 aliphatic carbocycles. The van der Waals surface area contributed by atoms with Crippen molar-refractivity contribution in [2.45, 2.75) is 17.3 Å². The van der Waals surface area contributed by atoms with Crippen LogP contribution in [-0.4, -0.2) is 30.1 Å². The Labute approximate surface area is 81.0 Å². The van der Waals surface area contributed by atoms with Crippen molar-refractivity contribution in [1.82, 2.24) is 5.32 Å². The van der Waals surface area contributed by atoms with Crippen molar-refractivity contribution in [2.75, 3.05) is 20.3 Å². The number of nitrogens with one attached hydrogen (secondary N) is 1. The number of hydrogen-bond donors (Lipinski definition) is 1. The van der Waals surface area contributed by atoms with Crippen LogP contribution in [0.1, 0.15) is 13.3 Å². The fourth-order valence-corrected chi connectivity index (χ4v) is 0.789. The molecule has 1 amide bonds. The molecule has 0 saturated heterocycles. The number of rotatable bonds is 5. The SMILES string of the molecule is COCCCNC(=O)C(C)I. The molecule has 0 aromatic carbocycles. The molecular formula is C7H14INO2. The summed E-state index contributed by atoms with van der Waals surface area (Å²) in [5, 5.41) is 2.79. The molecule has 1 unspecified atom stereocenters. The number of hydrogen-bond acceptors (Lipinski definition) is 2. The molecule has 0 saturated carbocycles. The lowest BCUT2D eigenvalue weighted by Gasteiger charge is -2.05. The normalized spacial score (nSPS) is 12.6. The maximum absolute atomic E-state index is 10.9. The zero-order valence-corrected chi connectivity index (χ0v) is 9.05. The van der Waals surface area contributed by atoms with Gasteiger partial charge >= 0.3 is 0 Å². The number of amides is 1. The van der Waals surface area contributed by atoms with Crippen LogP contribution in [0.2, 0.25) is 0 Å². The first-order chi connectivity index (χ1) is 5.18. The summed E-state index contributed by atoms with van der Waals surface area (Å²) in [7, 11) is 1.66. The lowest BCUT2D eigenvalue weighted by Crippen LogP contribution is -2.30. The average molecular weight is 271 g/mol. The van der Waals surface area contributed by atoms with Crippen molar-refractivity contribution in [3.8, 4) is 0 Å². The zero-order valence-electron chi connectivity index (χ0n) is 6.89. The van der Waals surface area contributed by atoms with Crippen molar-refractivity contribution in [2.24, 2.45) is 0 Å². The molecule has 3 nitrogen and oxygen atoms in total. The molecule has 0 radical (unpaired) electrons. The van der Waals surface area contributed by atoms with E-state index in [9.17, 15) is 4.79 Å². The summed E-state index contributed by atoms with van der Waals surface area (Å²) in [5.41, 5.74) is 0. The lowest BCUT2D eigenvalue weighted by atomic mass is 10.4. The third-order valence-electron chi connectivity index (χ3n) is 1.19. The third-order valence-corrected chi connectivity index (χ3v) is 1.75. The molecule has 0 aliphatic heterocycles. The van der Waals surface area contributed by atoms with Gasteiger partial charge in [-0.15, -0.1) is 0 Å². The largest absolute Gasteiger partial charge is 0.385 e. The van der Waals surface area contributed by atoms with Gasteiger partial charge in [0.1, 0.15) is 0 Å². The van der Waals surface area contributed by atoms with Gasteiger partial charge in [-0.25, -0.2) is 0 Å². The zero-order chi connectivity index (χ0) is 8.69. The highest BCUT2D eigenvalue weighted by Crippen LogP contribution is 1.96. The molecule has 0 aliphatic rings. The maximum Gasteiger partial charge on any atom is 0.232 e. The van der Waals surface area contributed by atoms with Gasteiger partial charge in [-0.2, -0.15) is 0 Å². The van der Waals surface area contributed by atoms with E-state index in [1.807, 2.05) is 6.92 Å². The highest BCUT2D eigenvalue weighted by atomic mass is 127. The standard InChI is InChI=1S/C7H14INO2/c1-6(8)7(10)9-4-3-5-11-2/h6H,3-5H2,1-2H3,(H,9,10). The Bertz CT molecular complexity index is 117. The summed E-state index contributed by atoms with van der Waals surface area (Å²) in [4.78, 5) is 10.9. The van der Waals surface area contributed by atoms with E-state index in [2.05, 4.69) is 27.9 Å². The van der Waals surface area contributed by atoms with Crippen LogP contribution in [0, 0.1) is 0 Å². The Balaban J connectivity index is 3.18. The summed E-state index contributed by atoms with van der Waals surface area (Å²) < 4.78 is 4.88. The smallest absolute Gasteiger partial charge is 0.232 e. The van der Waals surface area contributed by atoms with E-state index in [1.54, 1.807) is 7.11 Å². The molecular weight excluding hydrogens is 257 g/mol. The van der Waals surface area contributed by atoms with Crippen LogP contribution in [0.3, 0.4) is 0 Å². The monoisotopic (exact) mass is 271 g/mol. The number of alkyl halides is 1. The van der Waals surface area contributed by atoms with Gasteiger partial charge in [-0.3, -0.25) is 4.79 Å². The minimum absolute atomic E-state index is 0.0511. The Morgan fingerprint density at radius 2 is 2.36 bits per heavy atom. The predicted molar refractivity (Wildman–Crippen MR) is 53.0 cm³/mol. The molecule has 0 aromatic rings. The first-order valence-corrected chi connectivity index (χ1v) is 4.83. The van der Waals surface area contributed by atoms with Gasteiger partial charge < -0.3 is 10.1 Å². The van der Waals surface area contributed by atoms with Gasteiger partial charge in [0, 0.05) is 20.3 Å². The van der Waals surface area contributed by atoms with Crippen LogP contribution in [0.5, 0.6) is 0 Å². The van der Waals surface area contributed by atoms with Gasteiger partial charge in [0.25, 0.3) is 0 Å². The van der Waals surface area contributed by atoms with Gasteiger partial charge in [-0.05, 0) is 13.3 Å². The van der Waals surface area contributed by atoms with Crippen molar-refractivity contribution in [3.05, 3.63) is 0 Å². The minimum Gasteiger partial charge on any atom is -0.385 e. The van der Waals surface area contributed by atoms with Crippen LogP contribution in [0.25, 0.3) is 0 Å². The van der Waals surface area contributed by atoms with Crippen molar-refractivity contribution >= 4 is 28.5 Å². The Morgan fingerprint density at radius 3 is 2.82 bits per heavy atom. The van der Waals surface area contributed by atoms with E-state index >= 15 is 0 Å². The number of methoxy groups -OCH3 is 1. The third kappa shape index (κ3) is 6.55. The van der Waals surface area contributed by atoms with Crippen LogP contribution >= 0.6 is 22.6 Å². The number of ether oxygens (including phenoxy) is 1. The topological polar surface area (TPSA) is 38.3 Å². The van der Waals surface area contributed by atoms with Crippen molar-refractivity contribution in [1.29, 1.82) is 0 Å². The summed E-state index contributed by atoms with van der Waals surface area (Å²) >= 11 is 2.09. The molecule has 0 heterocycles. The second-order valence-corrected chi connectivity index (χ2v) is 4.12. The molecule has 11 heavy (non-hydrogen) atoms. The van der Waals surface area contributed by atoms with Crippen molar-refractivity contribution in [3.63, 3.8) is 0 Å². The summed E-state index contributed by atoms with van der Waals surface area (Å²) in [5.74, 6) is 0.0988. The highest BCUT2D eigenvalue weighted by Gasteiger charge is 2.05. The van der Waals surface area contributed by atoms with Gasteiger partial charge in [0.2, 0.25) is 5.91 Å². The Morgan fingerprint density at radius 1 is 1.73 bits per heavy atom. The maximum atomic E-state index is 10.9. The quantitative estimate of drug-likeness (QED) is 0.459. The van der Waals surface area contributed by atoms with E-state index in [4.69, 9.17) is 4.74 Å². The molecule has 0 spiro atoms. The van der Waals surface area contributed by atoms with E-state index in [0.717, 1.165) is 6.42 Å². The van der Waals surface area contributed by atoms with Gasteiger partial charge in [0.05, 0.1) is 3.92 Å². The fraction of sp³-hybridized carbons (Fsp3) is 0.857. The molecule has 0 bridgehead atoms. The van der Waals surface area contributed by atoms with Gasteiger partial charge in [0.15, 0.2) is 0 Å². The molecule has 66 valence electrons. The molecule has 0 rings (SSSR count). The molecule has 4 heteroatoms. The first-order valence-electron chi connectivity index (χ1n) is 3.59. The lowest BCUT2D eigenvalue weighted by molar-refractivity contribution is -0.120. The first kappa shape index (κ1) is 11.2. The van der Waals surface area contributed by atoms with Crippen molar-refractivity contribution < 1.29 is 9.53 Å². The average Bonchev–Trinajstić information content (AvgIpc) is 1.97. The van der Waals surface area contributed by atoms with E-state index in [-0.39, 0.29) is 9.83 Å². The predicted octanol–water partition coefficient (Wildman–Crippen LogP) is 0.963. The van der Waals surface area contributed by atoms with Crippen LogP contribution < -0.4 is 5.32 Å². The second kappa shape index (κ2) is 6.84. The van der Waals surface area contributed by atoms with Crippen LogP contribution in [-0.2, 0) is 9.53 Å².